The first kappa shape index (κ1) is 21.5. The highest BCUT2D eigenvalue weighted by Crippen LogP contribution is 2.25. The molecule has 7 heteroatoms. The van der Waals surface area contributed by atoms with Crippen molar-refractivity contribution in [3.8, 4) is 11.5 Å². The molecule has 2 N–H and O–H groups in total. The summed E-state index contributed by atoms with van der Waals surface area (Å²) in [6.07, 6.45) is 0. The number of nitrogens with one attached hydrogen (secondary N) is 2. The van der Waals surface area contributed by atoms with Crippen LogP contribution in [-0.4, -0.2) is 32.8 Å². The number of benzene rings is 2. The van der Waals surface area contributed by atoms with Crippen molar-refractivity contribution in [3.05, 3.63) is 59.7 Å². The minimum atomic E-state index is -2.86. The summed E-state index contributed by atoms with van der Waals surface area (Å²) < 4.78 is 35.1. The normalized spacial score (nSPS) is 12.6. The van der Waals surface area contributed by atoms with E-state index in [-0.39, 0.29) is 18.2 Å². The van der Waals surface area contributed by atoms with Gasteiger partial charge in [0, 0.05) is 24.6 Å². The third-order valence-electron chi connectivity index (χ3n) is 4.19. The van der Waals surface area contributed by atoms with Crippen molar-refractivity contribution in [1.82, 2.24) is 10.6 Å². The summed E-state index contributed by atoms with van der Waals surface area (Å²) >= 11 is 0. The van der Waals surface area contributed by atoms with Gasteiger partial charge in [0.25, 0.3) is 0 Å². The van der Waals surface area contributed by atoms with Crippen LogP contribution in [0.15, 0.2) is 53.5 Å². The molecule has 0 saturated carbocycles. The van der Waals surface area contributed by atoms with E-state index in [9.17, 15) is 8.78 Å². The summed E-state index contributed by atoms with van der Waals surface area (Å²) in [6, 6.07) is 14.6. The minimum Gasteiger partial charge on any atom is -0.496 e. The molecule has 0 spiro atoms. The number of hydrogen-bond donors (Lipinski definition) is 2. The third-order valence-corrected chi connectivity index (χ3v) is 4.19. The molecule has 2 aromatic rings. The van der Waals surface area contributed by atoms with Crippen molar-refractivity contribution in [2.45, 2.75) is 32.9 Å². The second-order valence-electron chi connectivity index (χ2n) is 6.21. The van der Waals surface area contributed by atoms with Gasteiger partial charge < -0.3 is 20.1 Å². The molecule has 0 aliphatic rings. The quantitative estimate of drug-likeness (QED) is 0.498. The number of ether oxygens (including phenoxy) is 2. The van der Waals surface area contributed by atoms with Crippen LogP contribution in [0.5, 0.6) is 11.5 Å². The second-order valence-corrected chi connectivity index (χ2v) is 6.21. The number of guanidine groups is 1. The summed E-state index contributed by atoms with van der Waals surface area (Å²) in [5, 5.41) is 6.46. The monoisotopic (exact) mass is 391 g/mol. The fraction of sp³-hybridized carbons (Fsp3) is 0.381. The van der Waals surface area contributed by atoms with Crippen molar-refractivity contribution >= 4 is 5.96 Å². The first-order valence-electron chi connectivity index (χ1n) is 9.23. The standard InChI is InChI=1S/C21H27F2N3O2/c1-4-24-21(25-13-15(2)17-10-6-8-12-19(17)27-3)26-14-16-9-5-7-11-18(16)28-20(22)23/h5-12,15,20H,4,13-14H2,1-3H3,(H2,24,25,26). The van der Waals surface area contributed by atoms with Crippen molar-refractivity contribution < 1.29 is 18.3 Å². The number of rotatable bonds is 9. The van der Waals surface area contributed by atoms with E-state index in [2.05, 4.69) is 27.3 Å². The maximum atomic E-state index is 12.6. The largest absolute Gasteiger partial charge is 0.496 e. The van der Waals surface area contributed by atoms with E-state index < -0.39 is 6.61 Å². The maximum absolute atomic E-state index is 12.6. The molecule has 1 atom stereocenters. The number of nitrogens with zero attached hydrogens (tertiary/aromatic N) is 1. The van der Waals surface area contributed by atoms with Gasteiger partial charge in [0.15, 0.2) is 5.96 Å². The highest BCUT2D eigenvalue weighted by Gasteiger charge is 2.12. The molecule has 0 heterocycles. The zero-order valence-electron chi connectivity index (χ0n) is 16.4. The lowest BCUT2D eigenvalue weighted by Crippen LogP contribution is -2.39. The van der Waals surface area contributed by atoms with Gasteiger partial charge in [-0.3, -0.25) is 0 Å². The van der Waals surface area contributed by atoms with E-state index in [0.29, 0.717) is 24.6 Å². The topological polar surface area (TPSA) is 54.9 Å². The van der Waals surface area contributed by atoms with Gasteiger partial charge in [-0.15, -0.1) is 0 Å². The van der Waals surface area contributed by atoms with Crippen LogP contribution in [0.25, 0.3) is 0 Å². The highest BCUT2D eigenvalue weighted by molar-refractivity contribution is 5.79. The summed E-state index contributed by atoms with van der Waals surface area (Å²) in [7, 11) is 1.66. The number of para-hydroxylation sites is 2. The van der Waals surface area contributed by atoms with E-state index in [1.807, 2.05) is 31.2 Å². The number of halogens is 2. The first-order valence-corrected chi connectivity index (χ1v) is 9.23. The van der Waals surface area contributed by atoms with Crippen molar-refractivity contribution in [2.75, 3.05) is 20.2 Å². The van der Waals surface area contributed by atoms with Crippen LogP contribution in [0.4, 0.5) is 8.78 Å². The molecule has 1 unspecified atom stereocenters. The van der Waals surface area contributed by atoms with Crippen molar-refractivity contribution in [2.24, 2.45) is 4.99 Å². The molecule has 2 aromatic carbocycles. The van der Waals surface area contributed by atoms with E-state index in [1.54, 1.807) is 25.3 Å². The van der Waals surface area contributed by atoms with Crippen LogP contribution in [0, 0.1) is 0 Å². The van der Waals surface area contributed by atoms with E-state index >= 15 is 0 Å². The van der Waals surface area contributed by atoms with E-state index in [1.165, 1.54) is 6.07 Å². The molecule has 0 radical (unpaired) electrons. The van der Waals surface area contributed by atoms with Gasteiger partial charge in [0.05, 0.1) is 13.7 Å². The molecule has 0 bridgehead atoms. The minimum absolute atomic E-state index is 0.138. The zero-order valence-corrected chi connectivity index (χ0v) is 16.4. The van der Waals surface area contributed by atoms with Gasteiger partial charge in [-0.1, -0.05) is 43.3 Å². The third kappa shape index (κ3) is 6.40. The molecule has 0 saturated heterocycles. The Morgan fingerprint density at radius 3 is 2.39 bits per heavy atom. The van der Waals surface area contributed by atoms with Crippen LogP contribution in [0.1, 0.15) is 30.9 Å². The van der Waals surface area contributed by atoms with E-state index in [0.717, 1.165) is 11.3 Å². The first-order chi connectivity index (χ1) is 13.5. The summed E-state index contributed by atoms with van der Waals surface area (Å²) in [5.41, 5.74) is 1.70. The Morgan fingerprint density at radius 1 is 1.04 bits per heavy atom. The van der Waals surface area contributed by atoms with E-state index in [4.69, 9.17) is 4.74 Å². The predicted molar refractivity (Wildman–Crippen MR) is 107 cm³/mol. The Morgan fingerprint density at radius 2 is 1.71 bits per heavy atom. The molecule has 0 aliphatic heterocycles. The summed E-state index contributed by atoms with van der Waals surface area (Å²) in [4.78, 5) is 4.50. The second kappa shape index (κ2) is 11.1. The number of alkyl halides is 2. The van der Waals surface area contributed by atoms with Gasteiger partial charge in [0.1, 0.15) is 11.5 Å². The van der Waals surface area contributed by atoms with Gasteiger partial charge in [-0.2, -0.15) is 8.78 Å². The molecule has 0 aliphatic carbocycles. The Balaban J connectivity index is 2.05. The van der Waals surface area contributed by atoms with Crippen LogP contribution >= 0.6 is 0 Å². The Hall–Kier alpha value is -2.83. The van der Waals surface area contributed by atoms with Crippen LogP contribution in [-0.2, 0) is 6.54 Å². The Kier molecular flexibility index (Phi) is 8.52. The summed E-state index contributed by atoms with van der Waals surface area (Å²) in [6.45, 7) is 2.75. The number of hydrogen-bond acceptors (Lipinski definition) is 3. The SMILES string of the molecule is CCNC(=NCc1ccccc1OC(F)F)NCC(C)c1ccccc1OC. The lowest BCUT2D eigenvalue weighted by atomic mass is 10.0. The molecule has 2 rings (SSSR count). The zero-order chi connectivity index (χ0) is 20.4. The molecule has 0 amide bonds. The molecular formula is C21H27F2N3O2. The van der Waals surface area contributed by atoms with Crippen molar-refractivity contribution in [1.29, 1.82) is 0 Å². The molecule has 0 aromatic heterocycles. The van der Waals surface area contributed by atoms with Gasteiger partial charge in [-0.05, 0) is 24.6 Å². The lowest BCUT2D eigenvalue weighted by molar-refractivity contribution is -0.0504. The smallest absolute Gasteiger partial charge is 0.387 e. The average molecular weight is 391 g/mol. The number of methoxy groups -OCH3 is 1. The van der Waals surface area contributed by atoms with Crippen LogP contribution in [0.2, 0.25) is 0 Å². The van der Waals surface area contributed by atoms with Crippen LogP contribution < -0.4 is 20.1 Å². The van der Waals surface area contributed by atoms with Gasteiger partial charge in [-0.25, -0.2) is 4.99 Å². The molecule has 0 fully saturated rings. The van der Waals surface area contributed by atoms with Gasteiger partial charge in [0.2, 0.25) is 0 Å². The van der Waals surface area contributed by atoms with Gasteiger partial charge >= 0.3 is 6.61 Å². The molecule has 5 nitrogen and oxygen atoms in total. The molecule has 152 valence electrons. The number of aliphatic imine (C=N–C) groups is 1. The Bertz CT molecular complexity index is 769. The molecular weight excluding hydrogens is 364 g/mol. The fourth-order valence-corrected chi connectivity index (χ4v) is 2.78. The van der Waals surface area contributed by atoms with Crippen LogP contribution in [0.3, 0.4) is 0 Å². The van der Waals surface area contributed by atoms with Crippen molar-refractivity contribution in [3.63, 3.8) is 0 Å². The summed E-state index contributed by atoms with van der Waals surface area (Å²) in [5.74, 6) is 1.78. The predicted octanol–water partition coefficient (Wildman–Crippen LogP) is 4.16. The lowest BCUT2D eigenvalue weighted by Gasteiger charge is -2.18. The fourth-order valence-electron chi connectivity index (χ4n) is 2.78. The highest BCUT2D eigenvalue weighted by atomic mass is 19.3. The average Bonchev–Trinajstić information content (AvgIpc) is 2.70. The molecule has 28 heavy (non-hydrogen) atoms. The maximum Gasteiger partial charge on any atom is 0.387 e. The Labute approximate surface area is 164 Å².